The molecule has 0 aliphatic heterocycles. The molecule has 1 N–H and O–H groups in total. The molecule has 1 nitrogen and oxygen atoms in total. The van der Waals surface area contributed by atoms with Crippen molar-refractivity contribution >= 4 is 7.85 Å². The van der Waals surface area contributed by atoms with Crippen molar-refractivity contribution < 1.29 is 5.11 Å². The molecular weight excluding hydrogens is 74.9 g/mol. The van der Waals surface area contributed by atoms with E-state index in [1.807, 2.05) is 13.8 Å². The fourth-order valence-corrected chi connectivity index (χ4v) is 0.161. The third-order valence-corrected chi connectivity index (χ3v) is 0.390. The predicted octanol–water partition coefficient (Wildman–Crippen LogP) is 0.205. The first kappa shape index (κ1) is 5.34. The van der Waals surface area contributed by atoms with E-state index in [-0.39, 0.29) is 0 Å². The van der Waals surface area contributed by atoms with Crippen LogP contribution in [0.3, 0.4) is 0 Å². The second-order valence-corrected chi connectivity index (χ2v) is 0.867. The van der Waals surface area contributed by atoms with Crippen LogP contribution >= 0.6 is 0 Å². The van der Waals surface area contributed by atoms with Gasteiger partial charge in [0.05, 0.1) is 6.26 Å². The van der Waals surface area contributed by atoms with Gasteiger partial charge >= 0.3 is 0 Å². The predicted molar refractivity (Wildman–Crippen MR) is 29.5 cm³/mol. The van der Waals surface area contributed by atoms with Gasteiger partial charge in [0, 0.05) is 0 Å². The summed E-state index contributed by atoms with van der Waals surface area (Å²) < 4.78 is 0. The molecule has 0 heterocycles. The van der Waals surface area contributed by atoms with Crippen molar-refractivity contribution in [2.75, 3.05) is 0 Å². The molecule has 0 rings (SSSR count). The molecule has 32 valence electrons. The fraction of sp³-hybridized carbons (Fsp3) is 0. The molecule has 0 aliphatic carbocycles. The number of rotatable bonds is 1. The second-order valence-electron chi connectivity index (χ2n) is 0.867. The average molecular weight is 81.9 g/mol. The van der Waals surface area contributed by atoms with Gasteiger partial charge in [-0.25, -0.2) is 0 Å². The van der Waals surface area contributed by atoms with Gasteiger partial charge in [-0.3, -0.25) is 0 Å². The maximum absolute atomic E-state index is 7.97. The van der Waals surface area contributed by atoms with Gasteiger partial charge in [0.25, 0.3) is 0 Å². The molecule has 0 radical (unpaired) electrons. The summed E-state index contributed by atoms with van der Waals surface area (Å²) in [5, 5.41) is 7.97. The Bertz CT molecular complexity index is 55.9. The largest absolute Gasteiger partial charge is 0.516 e. The van der Waals surface area contributed by atoms with Crippen molar-refractivity contribution in [3.05, 3.63) is 24.4 Å². The van der Waals surface area contributed by atoms with Crippen molar-refractivity contribution in [1.82, 2.24) is 0 Å². The third kappa shape index (κ3) is 3.34. The van der Waals surface area contributed by atoms with E-state index in [2.05, 4.69) is 0 Å². The standard InChI is InChI=1S/C4H7BO/c5-3-1-2-4-6/h1-4,6H,5H2/b3-1+,4-2+. The molecule has 0 aromatic carbocycles. The molecule has 6 heavy (non-hydrogen) atoms. The Morgan fingerprint density at radius 3 is 2.17 bits per heavy atom. The van der Waals surface area contributed by atoms with Gasteiger partial charge < -0.3 is 5.11 Å². The van der Waals surface area contributed by atoms with Crippen molar-refractivity contribution in [2.45, 2.75) is 0 Å². The fourth-order valence-electron chi connectivity index (χ4n) is 0.161. The van der Waals surface area contributed by atoms with Gasteiger partial charge in [0.1, 0.15) is 7.85 Å². The molecule has 0 aromatic rings. The highest BCUT2D eigenvalue weighted by Gasteiger charge is 1.50. The van der Waals surface area contributed by atoms with Crippen LogP contribution in [0.5, 0.6) is 0 Å². The maximum atomic E-state index is 7.97. The van der Waals surface area contributed by atoms with Crippen LogP contribution in [0.2, 0.25) is 0 Å². The van der Waals surface area contributed by atoms with Crippen molar-refractivity contribution in [3.8, 4) is 0 Å². The molecular formula is C4H7BO. The number of allylic oxidation sites excluding steroid dienone is 2. The summed E-state index contributed by atoms with van der Waals surface area (Å²) in [7, 11) is 1.89. The minimum absolute atomic E-state index is 1.00. The highest BCUT2D eigenvalue weighted by atomic mass is 16.2. The van der Waals surface area contributed by atoms with Crippen LogP contribution in [0.4, 0.5) is 0 Å². The first-order valence-electron chi connectivity index (χ1n) is 1.84. The van der Waals surface area contributed by atoms with Crippen LogP contribution in [0.25, 0.3) is 0 Å². The van der Waals surface area contributed by atoms with Gasteiger partial charge in [0.2, 0.25) is 0 Å². The molecule has 0 fully saturated rings. The normalized spacial score (nSPS) is 11.3. The highest BCUT2D eigenvalue weighted by Crippen LogP contribution is 1.66. The summed E-state index contributed by atoms with van der Waals surface area (Å²) in [5.41, 5.74) is 0. The summed E-state index contributed by atoms with van der Waals surface area (Å²) in [6, 6.07) is 0. The Hall–Kier alpha value is -0.655. The topological polar surface area (TPSA) is 20.2 Å². The molecule has 0 aliphatic rings. The van der Waals surface area contributed by atoms with Gasteiger partial charge in [0.15, 0.2) is 0 Å². The SMILES string of the molecule is B/C=C/C=C/O. The van der Waals surface area contributed by atoms with Crippen molar-refractivity contribution in [3.63, 3.8) is 0 Å². The smallest absolute Gasteiger partial charge is 0.129 e. The number of hydrogen-bond donors (Lipinski definition) is 1. The summed E-state index contributed by atoms with van der Waals surface area (Å²) in [5.74, 6) is 1.84. The first-order chi connectivity index (χ1) is 2.91. The number of aliphatic hydroxyl groups excluding tert-OH is 1. The summed E-state index contributed by atoms with van der Waals surface area (Å²) >= 11 is 0. The summed E-state index contributed by atoms with van der Waals surface area (Å²) in [6.45, 7) is 0. The molecule has 0 aromatic heterocycles. The van der Waals surface area contributed by atoms with Crippen LogP contribution < -0.4 is 0 Å². The Morgan fingerprint density at radius 2 is 2.00 bits per heavy atom. The molecule has 0 spiro atoms. The van der Waals surface area contributed by atoms with E-state index in [1.165, 1.54) is 0 Å². The van der Waals surface area contributed by atoms with Crippen LogP contribution in [0.1, 0.15) is 0 Å². The number of aliphatic hydroxyl groups is 1. The van der Waals surface area contributed by atoms with E-state index in [4.69, 9.17) is 5.11 Å². The Balaban J connectivity index is 3.07. The van der Waals surface area contributed by atoms with Crippen LogP contribution in [0, 0.1) is 0 Å². The zero-order chi connectivity index (χ0) is 4.83. The first-order valence-corrected chi connectivity index (χ1v) is 1.84. The maximum Gasteiger partial charge on any atom is 0.129 e. The van der Waals surface area contributed by atoms with Crippen molar-refractivity contribution in [2.24, 2.45) is 0 Å². The van der Waals surface area contributed by atoms with E-state index in [0.29, 0.717) is 0 Å². The lowest BCUT2D eigenvalue weighted by Crippen LogP contribution is -1.49. The lowest BCUT2D eigenvalue weighted by molar-refractivity contribution is 0.474. The Morgan fingerprint density at radius 1 is 1.33 bits per heavy atom. The van der Waals surface area contributed by atoms with Crippen LogP contribution in [-0.4, -0.2) is 13.0 Å². The Labute approximate surface area is 38.4 Å². The van der Waals surface area contributed by atoms with Crippen LogP contribution in [-0.2, 0) is 0 Å². The van der Waals surface area contributed by atoms with E-state index < -0.39 is 0 Å². The van der Waals surface area contributed by atoms with E-state index in [0.717, 1.165) is 6.26 Å². The zero-order valence-electron chi connectivity index (χ0n) is 3.76. The molecule has 0 amide bonds. The van der Waals surface area contributed by atoms with E-state index in [9.17, 15) is 0 Å². The minimum atomic E-state index is 1.00. The van der Waals surface area contributed by atoms with Crippen LogP contribution in [0.15, 0.2) is 24.4 Å². The lowest BCUT2D eigenvalue weighted by Gasteiger charge is -1.63. The molecule has 0 unspecified atom stereocenters. The average Bonchev–Trinajstić information content (AvgIpc) is 1.61. The highest BCUT2D eigenvalue weighted by molar-refractivity contribution is 6.17. The minimum Gasteiger partial charge on any atom is -0.516 e. The van der Waals surface area contributed by atoms with Gasteiger partial charge in [-0.1, -0.05) is 6.08 Å². The monoisotopic (exact) mass is 82.1 g/mol. The lowest BCUT2D eigenvalue weighted by atomic mass is 10.1. The quantitative estimate of drug-likeness (QED) is 0.272. The molecule has 0 saturated carbocycles. The Kier molecular flexibility index (Phi) is 3.87. The van der Waals surface area contributed by atoms with Crippen molar-refractivity contribution in [1.29, 1.82) is 0 Å². The van der Waals surface area contributed by atoms with Gasteiger partial charge in [-0.15, -0.1) is 5.98 Å². The van der Waals surface area contributed by atoms with E-state index >= 15 is 0 Å². The second kappa shape index (κ2) is 4.34. The van der Waals surface area contributed by atoms with Gasteiger partial charge in [-0.05, 0) is 6.08 Å². The molecule has 0 atom stereocenters. The van der Waals surface area contributed by atoms with Gasteiger partial charge in [-0.2, -0.15) is 0 Å². The van der Waals surface area contributed by atoms with E-state index in [1.54, 1.807) is 12.2 Å². The molecule has 0 saturated heterocycles. The number of hydrogen-bond acceptors (Lipinski definition) is 1. The summed E-state index contributed by atoms with van der Waals surface area (Å²) in [4.78, 5) is 0. The summed E-state index contributed by atoms with van der Waals surface area (Å²) in [6.07, 6.45) is 4.31. The zero-order valence-corrected chi connectivity index (χ0v) is 3.76. The molecule has 2 heteroatoms. The third-order valence-electron chi connectivity index (χ3n) is 0.390. The molecule has 0 bridgehead atoms.